The van der Waals surface area contributed by atoms with E-state index in [0.717, 1.165) is 11.8 Å². The molecule has 6 heteroatoms. The molecule has 0 aliphatic carbocycles. The van der Waals surface area contributed by atoms with Crippen LogP contribution in [-0.2, 0) is 9.09 Å². The third-order valence-electron chi connectivity index (χ3n) is 1.97. The van der Waals surface area contributed by atoms with Gasteiger partial charge in [-0.05, 0) is 12.1 Å². The zero-order chi connectivity index (χ0) is 11.6. The van der Waals surface area contributed by atoms with Crippen LogP contribution in [0.4, 0.5) is 0 Å². The first-order chi connectivity index (χ1) is 7.62. The highest BCUT2D eigenvalue weighted by molar-refractivity contribution is 7.48. The summed E-state index contributed by atoms with van der Waals surface area (Å²) in [6.45, 7) is 3.20. The molecular weight excluding hydrogens is 229 g/mol. The molecule has 0 saturated heterocycles. The van der Waals surface area contributed by atoms with E-state index in [2.05, 4.69) is 16.1 Å². The smallest absolute Gasteiger partial charge is 0.404 e. The molecule has 1 aromatic heterocycles. The maximum absolute atomic E-state index is 11.4. The minimum atomic E-state index is -4.12. The van der Waals surface area contributed by atoms with Gasteiger partial charge in [0.15, 0.2) is 5.75 Å². The number of hydrogen-bond donors (Lipinski definition) is 2. The molecular formula is C10H10NO4P. The highest BCUT2D eigenvalue weighted by atomic mass is 31.2. The van der Waals surface area contributed by atoms with Crippen LogP contribution in [0, 0.1) is 0 Å². The Kier molecular flexibility index (Phi) is 2.73. The number of aromatic amines is 1. The lowest BCUT2D eigenvalue weighted by atomic mass is 10.2. The summed E-state index contributed by atoms with van der Waals surface area (Å²) in [5.74, 6) is 0.267. The SMILES string of the molecule is C=COP(=O)(O)Oc1c[nH]c2ccccc12. The van der Waals surface area contributed by atoms with E-state index in [1.165, 1.54) is 6.20 Å². The number of hydrogen-bond acceptors (Lipinski definition) is 3. The number of aromatic nitrogens is 1. The first kappa shape index (κ1) is 10.8. The van der Waals surface area contributed by atoms with E-state index in [4.69, 9.17) is 4.52 Å². The minimum Gasteiger partial charge on any atom is -0.404 e. The van der Waals surface area contributed by atoms with Gasteiger partial charge in [-0.3, -0.25) is 4.89 Å². The topological polar surface area (TPSA) is 71.6 Å². The van der Waals surface area contributed by atoms with Gasteiger partial charge in [0.1, 0.15) is 0 Å². The number of fused-ring (bicyclic) bond motifs is 1. The van der Waals surface area contributed by atoms with Crippen molar-refractivity contribution in [2.75, 3.05) is 0 Å². The van der Waals surface area contributed by atoms with Crippen LogP contribution in [-0.4, -0.2) is 9.88 Å². The lowest BCUT2D eigenvalue weighted by Gasteiger charge is -2.09. The molecule has 0 aliphatic rings. The lowest BCUT2D eigenvalue weighted by molar-refractivity contribution is 0.267. The molecule has 2 rings (SSSR count). The van der Waals surface area contributed by atoms with Crippen molar-refractivity contribution >= 4 is 18.7 Å². The fraction of sp³-hybridized carbons (Fsp3) is 0. The third-order valence-corrected chi connectivity index (χ3v) is 2.82. The first-order valence-corrected chi connectivity index (χ1v) is 6.00. The lowest BCUT2D eigenvalue weighted by Crippen LogP contribution is -1.92. The molecule has 0 aliphatic heterocycles. The van der Waals surface area contributed by atoms with Gasteiger partial charge in [-0.25, -0.2) is 4.57 Å². The monoisotopic (exact) mass is 239 g/mol. The number of phosphoric ester groups is 1. The Bertz CT molecular complexity index is 563. The van der Waals surface area contributed by atoms with Gasteiger partial charge in [-0.2, -0.15) is 0 Å². The highest BCUT2D eigenvalue weighted by Crippen LogP contribution is 2.45. The Morgan fingerprint density at radius 1 is 1.44 bits per heavy atom. The number of rotatable bonds is 4. The van der Waals surface area contributed by atoms with Crippen LogP contribution < -0.4 is 4.52 Å². The second-order valence-electron chi connectivity index (χ2n) is 3.03. The van der Waals surface area contributed by atoms with Crippen LogP contribution in [0.3, 0.4) is 0 Å². The number of nitrogens with one attached hydrogen (secondary N) is 1. The number of para-hydroxylation sites is 1. The molecule has 16 heavy (non-hydrogen) atoms. The third kappa shape index (κ3) is 2.10. The number of H-pyrrole nitrogens is 1. The Balaban J connectivity index is 2.34. The molecule has 1 unspecified atom stereocenters. The van der Waals surface area contributed by atoms with E-state index < -0.39 is 7.82 Å². The maximum atomic E-state index is 11.4. The summed E-state index contributed by atoms with van der Waals surface area (Å²) in [5.41, 5.74) is 0.816. The van der Waals surface area contributed by atoms with Gasteiger partial charge in [-0.15, -0.1) is 0 Å². The minimum absolute atomic E-state index is 0.267. The van der Waals surface area contributed by atoms with Gasteiger partial charge in [0.2, 0.25) is 0 Å². The van der Waals surface area contributed by atoms with Gasteiger partial charge >= 0.3 is 7.82 Å². The zero-order valence-corrected chi connectivity index (χ0v) is 9.18. The molecule has 2 N–H and O–H groups in total. The summed E-state index contributed by atoms with van der Waals surface area (Å²) in [7, 11) is -4.12. The maximum Gasteiger partial charge on any atom is 0.584 e. The fourth-order valence-corrected chi connectivity index (χ4v) is 1.99. The fourth-order valence-electron chi connectivity index (χ4n) is 1.36. The Morgan fingerprint density at radius 3 is 2.94 bits per heavy atom. The molecule has 1 heterocycles. The van der Waals surface area contributed by atoms with E-state index in [9.17, 15) is 9.46 Å². The van der Waals surface area contributed by atoms with Gasteiger partial charge in [0.25, 0.3) is 0 Å². The van der Waals surface area contributed by atoms with Crippen LogP contribution >= 0.6 is 7.82 Å². The van der Waals surface area contributed by atoms with Crippen molar-refractivity contribution < 1.29 is 18.5 Å². The quantitative estimate of drug-likeness (QED) is 0.635. The van der Waals surface area contributed by atoms with Crippen molar-refractivity contribution in [2.45, 2.75) is 0 Å². The molecule has 2 aromatic rings. The van der Waals surface area contributed by atoms with Gasteiger partial charge in [-0.1, -0.05) is 18.7 Å². The van der Waals surface area contributed by atoms with Gasteiger partial charge in [0, 0.05) is 17.1 Å². The number of phosphoric acid groups is 1. The van der Waals surface area contributed by atoms with E-state index in [1.54, 1.807) is 12.1 Å². The van der Waals surface area contributed by atoms with Crippen molar-refractivity contribution in [3.8, 4) is 5.75 Å². The highest BCUT2D eigenvalue weighted by Gasteiger charge is 2.24. The molecule has 0 saturated carbocycles. The summed E-state index contributed by atoms with van der Waals surface area (Å²) < 4.78 is 20.6. The summed E-state index contributed by atoms with van der Waals surface area (Å²) >= 11 is 0. The van der Waals surface area contributed by atoms with Gasteiger partial charge < -0.3 is 14.0 Å². The first-order valence-electron chi connectivity index (χ1n) is 4.50. The normalized spacial score (nSPS) is 14.3. The molecule has 84 valence electrons. The predicted octanol–water partition coefficient (Wildman–Crippen LogP) is 2.81. The van der Waals surface area contributed by atoms with Crippen molar-refractivity contribution in [2.24, 2.45) is 0 Å². The molecule has 0 radical (unpaired) electrons. The Morgan fingerprint density at radius 2 is 2.19 bits per heavy atom. The largest absolute Gasteiger partial charge is 0.584 e. The van der Waals surface area contributed by atoms with Crippen molar-refractivity contribution in [3.05, 3.63) is 43.3 Å². The Hall–Kier alpha value is -1.71. The molecule has 1 atom stereocenters. The second kappa shape index (κ2) is 4.04. The van der Waals surface area contributed by atoms with E-state index in [0.29, 0.717) is 5.39 Å². The summed E-state index contributed by atoms with van der Waals surface area (Å²) in [6.07, 6.45) is 2.37. The Labute approximate surface area is 91.9 Å². The molecule has 0 amide bonds. The average molecular weight is 239 g/mol. The second-order valence-corrected chi connectivity index (χ2v) is 4.36. The van der Waals surface area contributed by atoms with Crippen molar-refractivity contribution in [1.29, 1.82) is 0 Å². The van der Waals surface area contributed by atoms with Gasteiger partial charge in [0.05, 0.1) is 6.26 Å². The van der Waals surface area contributed by atoms with Crippen molar-refractivity contribution in [3.63, 3.8) is 0 Å². The number of benzene rings is 1. The van der Waals surface area contributed by atoms with Crippen LogP contribution in [0.1, 0.15) is 0 Å². The molecule has 0 bridgehead atoms. The average Bonchev–Trinajstić information content (AvgIpc) is 2.61. The van der Waals surface area contributed by atoms with Crippen LogP contribution in [0.5, 0.6) is 5.75 Å². The molecule has 5 nitrogen and oxygen atoms in total. The predicted molar refractivity (Wildman–Crippen MR) is 60.0 cm³/mol. The summed E-state index contributed by atoms with van der Waals surface area (Å²) in [4.78, 5) is 12.2. The van der Waals surface area contributed by atoms with Crippen molar-refractivity contribution in [1.82, 2.24) is 4.98 Å². The summed E-state index contributed by atoms with van der Waals surface area (Å²) in [5, 5.41) is 0.712. The molecule has 0 spiro atoms. The molecule has 1 aromatic carbocycles. The van der Waals surface area contributed by atoms with E-state index in [1.807, 2.05) is 12.1 Å². The van der Waals surface area contributed by atoms with E-state index >= 15 is 0 Å². The molecule has 0 fully saturated rings. The van der Waals surface area contributed by atoms with E-state index in [-0.39, 0.29) is 5.75 Å². The van der Waals surface area contributed by atoms with Crippen LogP contribution in [0.15, 0.2) is 43.3 Å². The van der Waals surface area contributed by atoms with Crippen LogP contribution in [0.2, 0.25) is 0 Å². The zero-order valence-electron chi connectivity index (χ0n) is 8.29. The summed E-state index contributed by atoms with van der Waals surface area (Å²) in [6, 6.07) is 7.26. The van der Waals surface area contributed by atoms with Crippen LogP contribution in [0.25, 0.3) is 10.9 Å². The standard InChI is InChI=1S/C10H10NO4P/c1-2-14-16(12,13)15-10-7-11-9-6-4-3-5-8(9)10/h2-7,11H,1H2,(H,12,13).